The summed E-state index contributed by atoms with van der Waals surface area (Å²) in [6.45, 7) is 1.05. The van der Waals surface area contributed by atoms with Crippen molar-refractivity contribution in [3.8, 4) is 0 Å². The first-order valence-corrected chi connectivity index (χ1v) is 3.62. The summed E-state index contributed by atoms with van der Waals surface area (Å²) in [5.41, 5.74) is -1.09. The zero-order valence-corrected chi connectivity index (χ0v) is 7.03. The summed E-state index contributed by atoms with van der Waals surface area (Å²) in [5, 5.41) is 12.7. The van der Waals surface area contributed by atoms with Crippen molar-refractivity contribution in [1.82, 2.24) is 10.6 Å². The molecule has 1 rings (SSSR count). The largest absolute Gasteiger partial charge is 0.476 e. The van der Waals surface area contributed by atoms with Gasteiger partial charge in [-0.3, -0.25) is 10.1 Å². The summed E-state index contributed by atoms with van der Waals surface area (Å²) in [4.78, 5) is 21.9. The lowest BCUT2D eigenvalue weighted by molar-refractivity contribution is -0.122. The van der Waals surface area contributed by atoms with Gasteiger partial charge in [-0.15, -0.1) is 0 Å². The molecule has 1 saturated heterocycles. The first-order chi connectivity index (χ1) is 6.08. The van der Waals surface area contributed by atoms with Crippen LogP contribution in [0.1, 0.15) is 6.92 Å². The fourth-order valence-corrected chi connectivity index (χ4v) is 0.901. The highest BCUT2D eigenvalue weighted by Crippen LogP contribution is 2.10. The molecule has 0 spiro atoms. The lowest BCUT2D eigenvalue weighted by Crippen LogP contribution is -2.41. The maximum absolute atomic E-state index is 11.1. The van der Waals surface area contributed by atoms with Crippen LogP contribution in [0, 0.1) is 0 Å². The van der Waals surface area contributed by atoms with Crippen LogP contribution in [0.4, 0.5) is 4.79 Å². The van der Waals surface area contributed by atoms with Crippen LogP contribution in [0.3, 0.4) is 0 Å². The van der Waals surface area contributed by atoms with E-state index in [-0.39, 0.29) is 0 Å². The Hall–Kier alpha value is -1.56. The number of carbonyl (C=O) groups is 2. The van der Waals surface area contributed by atoms with Crippen molar-refractivity contribution in [2.24, 2.45) is 0 Å². The van der Waals surface area contributed by atoms with E-state index in [1.807, 2.05) is 0 Å². The Morgan fingerprint density at radius 2 is 2.31 bits per heavy atom. The van der Waals surface area contributed by atoms with Gasteiger partial charge in [-0.1, -0.05) is 0 Å². The Labute approximate surface area is 74.6 Å². The van der Waals surface area contributed by atoms with Crippen molar-refractivity contribution in [2.75, 3.05) is 6.79 Å². The van der Waals surface area contributed by atoms with Crippen LogP contribution in [0.5, 0.6) is 0 Å². The van der Waals surface area contributed by atoms with E-state index in [1.54, 1.807) is 0 Å². The summed E-state index contributed by atoms with van der Waals surface area (Å²) in [6, 6.07) is -0.541. The Morgan fingerprint density at radius 1 is 1.62 bits per heavy atom. The molecule has 13 heavy (non-hydrogen) atoms. The number of nitrogens with one attached hydrogen (secondary N) is 2. The third-order valence-electron chi connectivity index (χ3n) is 1.64. The van der Waals surface area contributed by atoms with Gasteiger partial charge in [-0.05, 0) is 13.0 Å². The van der Waals surface area contributed by atoms with Crippen molar-refractivity contribution >= 4 is 11.9 Å². The van der Waals surface area contributed by atoms with Gasteiger partial charge in [-0.25, -0.2) is 4.79 Å². The number of aliphatic hydroxyl groups is 1. The number of ether oxygens (including phenoxy) is 1. The molecule has 1 heterocycles. The topological polar surface area (TPSA) is 87.7 Å². The van der Waals surface area contributed by atoms with E-state index in [0.717, 1.165) is 6.26 Å². The SMILES string of the molecule is CC1(/C=C/OCO)NC(=O)NC1=O. The molecule has 0 bridgehead atoms. The Balaban J connectivity index is 2.65. The molecule has 1 aliphatic rings. The average molecular weight is 186 g/mol. The summed E-state index contributed by atoms with van der Waals surface area (Å²) in [5.74, 6) is -0.449. The monoisotopic (exact) mass is 186 g/mol. The van der Waals surface area contributed by atoms with E-state index >= 15 is 0 Å². The molecular weight excluding hydrogens is 176 g/mol. The van der Waals surface area contributed by atoms with Gasteiger partial charge in [0.15, 0.2) is 6.79 Å². The van der Waals surface area contributed by atoms with E-state index in [1.165, 1.54) is 13.0 Å². The van der Waals surface area contributed by atoms with Gasteiger partial charge >= 0.3 is 6.03 Å². The van der Waals surface area contributed by atoms with Crippen molar-refractivity contribution in [3.05, 3.63) is 12.3 Å². The van der Waals surface area contributed by atoms with Crippen LogP contribution in [0.15, 0.2) is 12.3 Å². The quantitative estimate of drug-likeness (QED) is 0.302. The second-order valence-electron chi connectivity index (χ2n) is 2.71. The smallest absolute Gasteiger partial charge is 0.322 e. The number of hydrogen-bond acceptors (Lipinski definition) is 4. The van der Waals surface area contributed by atoms with E-state index in [9.17, 15) is 9.59 Å². The van der Waals surface area contributed by atoms with Gasteiger partial charge in [-0.2, -0.15) is 0 Å². The molecule has 3 amide bonds. The van der Waals surface area contributed by atoms with Crippen molar-refractivity contribution in [1.29, 1.82) is 0 Å². The maximum atomic E-state index is 11.1. The van der Waals surface area contributed by atoms with E-state index in [2.05, 4.69) is 15.4 Å². The Bertz CT molecular complexity index is 263. The summed E-state index contributed by atoms with van der Waals surface area (Å²) < 4.78 is 4.49. The lowest BCUT2D eigenvalue weighted by Gasteiger charge is -2.14. The molecule has 1 aliphatic heterocycles. The molecular formula is C7H10N2O4. The molecule has 0 radical (unpaired) electrons. The molecule has 3 N–H and O–H groups in total. The average Bonchev–Trinajstić information content (AvgIpc) is 2.27. The standard InChI is InChI=1S/C7H10N2O4/c1-7(2-3-13-4-10)5(11)8-6(12)9-7/h2-3,10H,4H2,1H3,(H2,8,9,11,12)/b3-2+. The van der Waals surface area contributed by atoms with Crippen LogP contribution in [-0.4, -0.2) is 29.4 Å². The number of carbonyl (C=O) groups excluding carboxylic acids is 2. The third-order valence-corrected chi connectivity index (χ3v) is 1.64. The van der Waals surface area contributed by atoms with Crippen LogP contribution in [-0.2, 0) is 9.53 Å². The second kappa shape index (κ2) is 3.44. The molecule has 6 heteroatoms. The first-order valence-electron chi connectivity index (χ1n) is 3.62. The molecule has 0 aromatic heterocycles. The van der Waals surface area contributed by atoms with Crippen LogP contribution in [0.25, 0.3) is 0 Å². The minimum Gasteiger partial charge on any atom is -0.476 e. The second-order valence-corrected chi connectivity index (χ2v) is 2.71. The van der Waals surface area contributed by atoms with Crippen LogP contribution < -0.4 is 10.6 Å². The molecule has 1 fully saturated rings. The highest BCUT2D eigenvalue weighted by molar-refractivity contribution is 6.07. The minimum atomic E-state index is -1.09. The number of hydrogen-bond donors (Lipinski definition) is 3. The first kappa shape index (κ1) is 9.53. The highest BCUT2D eigenvalue weighted by Gasteiger charge is 2.39. The third kappa shape index (κ3) is 1.97. The molecule has 6 nitrogen and oxygen atoms in total. The molecule has 0 saturated carbocycles. The number of imide groups is 1. The van der Waals surface area contributed by atoms with Gasteiger partial charge < -0.3 is 15.2 Å². The normalized spacial score (nSPS) is 27.5. The lowest BCUT2D eigenvalue weighted by atomic mass is 10.0. The van der Waals surface area contributed by atoms with Gasteiger partial charge in [0, 0.05) is 0 Å². The van der Waals surface area contributed by atoms with Crippen LogP contribution >= 0.6 is 0 Å². The molecule has 72 valence electrons. The van der Waals surface area contributed by atoms with Crippen molar-refractivity contribution < 1.29 is 19.4 Å². The zero-order valence-electron chi connectivity index (χ0n) is 7.03. The zero-order chi connectivity index (χ0) is 9.90. The number of urea groups is 1. The van der Waals surface area contributed by atoms with Gasteiger partial charge in [0.25, 0.3) is 5.91 Å². The van der Waals surface area contributed by atoms with Gasteiger partial charge in [0.2, 0.25) is 0 Å². The fraction of sp³-hybridized carbons (Fsp3) is 0.429. The summed E-state index contributed by atoms with van der Waals surface area (Å²) in [6.07, 6.45) is 2.51. The highest BCUT2D eigenvalue weighted by atomic mass is 16.6. The Morgan fingerprint density at radius 3 is 2.77 bits per heavy atom. The van der Waals surface area contributed by atoms with E-state index in [4.69, 9.17) is 5.11 Å². The number of rotatable bonds is 3. The molecule has 0 aromatic carbocycles. The fourth-order valence-electron chi connectivity index (χ4n) is 0.901. The van der Waals surface area contributed by atoms with Crippen LogP contribution in [0.2, 0.25) is 0 Å². The van der Waals surface area contributed by atoms with Crippen molar-refractivity contribution in [2.45, 2.75) is 12.5 Å². The van der Waals surface area contributed by atoms with E-state index < -0.39 is 24.3 Å². The summed E-state index contributed by atoms with van der Waals surface area (Å²) >= 11 is 0. The minimum absolute atomic E-state index is 0.449. The van der Waals surface area contributed by atoms with Gasteiger partial charge in [0.05, 0.1) is 6.26 Å². The molecule has 0 aromatic rings. The number of amides is 3. The van der Waals surface area contributed by atoms with E-state index in [0.29, 0.717) is 0 Å². The number of aliphatic hydroxyl groups excluding tert-OH is 1. The summed E-state index contributed by atoms with van der Waals surface area (Å²) in [7, 11) is 0. The molecule has 0 aliphatic carbocycles. The van der Waals surface area contributed by atoms with Crippen molar-refractivity contribution in [3.63, 3.8) is 0 Å². The molecule has 1 atom stereocenters. The predicted octanol–water partition coefficient (Wildman–Crippen LogP) is -0.935. The predicted molar refractivity (Wildman–Crippen MR) is 42.4 cm³/mol. The maximum Gasteiger partial charge on any atom is 0.322 e. The Kier molecular flexibility index (Phi) is 2.52. The molecule has 1 unspecified atom stereocenters. The van der Waals surface area contributed by atoms with Gasteiger partial charge in [0.1, 0.15) is 5.54 Å².